The van der Waals surface area contributed by atoms with Gasteiger partial charge in [-0.1, -0.05) is 12.1 Å². The molecule has 1 aliphatic heterocycles. The fraction of sp³-hybridized carbons (Fsp3) is 0.364. The van der Waals surface area contributed by atoms with Crippen LogP contribution in [0.3, 0.4) is 0 Å². The van der Waals surface area contributed by atoms with Crippen LogP contribution in [-0.2, 0) is 30.8 Å². The van der Waals surface area contributed by atoms with E-state index in [0.29, 0.717) is 19.4 Å². The smallest absolute Gasteiger partial charge is 0.309 e. The number of benzene rings is 2. The van der Waals surface area contributed by atoms with E-state index in [1.54, 1.807) is 12.1 Å². The number of carbonyl (C=O) groups excluding carboxylic acids is 2. The second kappa shape index (κ2) is 10.8. The Bertz CT molecular complexity index is 1110. The first-order chi connectivity index (χ1) is 15.7. The second-order valence-corrected chi connectivity index (χ2v) is 9.44. The number of halogens is 2. The summed E-state index contributed by atoms with van der Waals surface area (Å²) in [6.45, 7) is 1.85. The lowest BCUT2D eigenvalue weighted by Gasteiger charge is -2.34. The lowest BCUT2D eigenvalue weighted by Crippen LogP contribution is -2.53. The highest BCUT2D eigenvalue weighted by atomic mass is 32.2. The van der Waals surface area contributed by atoms with E-state index in [1.165, 1.54) is 31.2 Å². The Labute approximate surface area is 191 Å². The fourth-order valence-corrected chi connectivity index (χ4v) is 4.98. The van der Waals surface area contributed by atoms with Crippen LogP contribution in [0.25, 0.3) is 0 Å². The molecule has 3 rings (SSSR count). The van der Waals surface area contributed by atoms with Crippen LogP contribution >= 0.6 is 0 Å². The van der Waals surface area contributed by atoms with E-state index in [-0.39, 0.29) is 35.9 Å². The van der Waals surface area contributed by atoms with Crippen LogP contribution in [0, 0.1) is 18.6 Å². The summed E-state index contributed by atoms with van der Waals surface area (Å²) in [5, 5.41) is 4.85. The normalized spacial score (nSPS) is 16.9. The molecule has 0 saturated carbocycles. The Hall–Kier alpha value is -2.89. The van der Waals surface area contributed by atoms with Gasteiger partial charge >= 0.3 is 11.8 Å². The lowest BCUT2D eigenvalue weighted by molar-refractivity contribution is -0.140. The topological polar surface area (TPSA) is 105 Å². The maximum absolute atomic E-state index is 13.6. The molecular formula is C22H25F2N3O5S. The van der Waals surface area contributed by atoms with Gasteiger partial charge in [-0.25, -0.2) is 17.2 Å². The largest absolute Gasteiger partial charge is 0.360 e. The average Bonchev–Trinajstić information content (AvgIpc) is 2.80. The van der Waals surface area contributed by atoms with E-state index in [0.717, 1.165) is 15.9 Å². The molecule has 1 unspecified atom stereocenters. The van der Waals surface area contributed by atoms with E-state index >= 15 is 0 Å². The Morgan fingerprint density at radius 1 is 1.09 bits per heavy atom. The van der Waals surface area contributed by atoms with Gasteiger partial charge in [-0.15, -0.1) is 0 Å². The van der Waals surface area contributed by atoms with Crippen molar-refractivity contribution in [2.75, 3.05) is 26.2 Å². The zero-order chi connectivity index (χ0) is 24.0. The number of rotatable bonds is 7. The molecule has 11 heteroatoms. The number of amides is 2. The number of nitrogens with one attached hydrogen (secondary N) is 2. The average molecular weight is 482 g/mol. The Morgan fingerprint density at radius 3 is 2.48 bits per heavy atom. The van der Waals surface area contributed by atoms with Crippen molar-refractivity contribution in [3.05, 3.63) is 65.2 Å². The third-order valence-electron chi connectivity index (χ3n) is 5.15. The minimum atomic E-state index is -4.00. The molecule has 2 aromatic carbocycles. The summed E-state index contributed by atoms with van der Waals surface area (Å²) in [7, 11) is -4.00. The van der Waals surface area contributed by atoms with Crippen LogP contribution in [0.4, 0.5) is 8.78 Å². The number of hydrogen-bond acceptors (Lipinski definition) is 5. The van der Waals surface area contributed by atoms with E-state index in [2.05, 4.69) is 10.6 Å². The van der Waals surface area contributed by atoms with Gasteiger partial charge in [0.05, 0.1) is 18.0 Å². The molecule has 8 nitrogen and oxygen atoms in total. The summed E-state index contributed by atoms with van der Waals surface area (Å²) in [6, 6.07) is 9.28. The maximum atomic E-state index is 13.6. The second-order valence-electron chi connectivity index (χ2n) is 7.55. The Balaban J connectivity index is 1.55. The van der Waals surface area contributed by atoms with Crippen LogP contribution in [0.5, 0.6) is 0 Å². The van der Waals surface area contributed by atoms with Gasteiger partial charge in [0.2, 0.25) is 10.0 Å². The number of carbonyl (C=O) groups is 2. The van der Waals surface area contributed by atoms with Gasteiger partial charge in [-0.05, 0) is 61.2 Å². The van der Waals surface area contributed by atoms with E-state index in [4.69, 9.17) is 4.74 Å². The zero-order valence-corrected chi connectivity index (χ0v) is 18.8. The molecule has 33 heavy (non-hydrogen) atoms. The Morgan fingerprint density at radius 2 is 1.79 bits per heavy atom. The van der Waals surface area contributed by atoms with Crippen molar-refractivity contribution >= 4 is 21.8 Å². The summed E-state index contributed by atoms with van der Waals surface area (Å²) < 4.78 is 59.2. The van der Waals surface area contributed by atoms with Crippen molar-refractivity contribution in [1.82, 2.24) is 14.9 Å². The van der Waals surface area contributed by atoms with E-state index in [1.807, 2.05) is 0 Å². The molecule has 0 aliphatic carbocycles. The van der Waals surface area contributed by atoms with Gasteiger partial charge < -0.3 is 15.4 Å². The van der Waals surface area contributed by atoms with Crippen molar-refractivity contribution in [3.63, 3.8) is 0 Å². The summed E-state index contributed by atoms with van der Waals surface area (Å²) in [5.74, 6) is -2.69. The van der Waals surface area contributed by atoms with Gasteiger partial charge in [-0.3, -0.25) is 9.59 Å². The summed E-state index contributed by atoms with van der Waals surface area (Å²) in [5.41, 5.74) is 0.987. The maximum Gasteiger partial charge on any atom is 0.309 e. The first kappa shape index (κ1) is 24.7. The number of ether oxygens (including phenoxy) is 1. The number of aryl methyl sites for hydroxylation is 1. The molecule has 1 atom stereocenters. The van der Waals surface area contributed by atoms with Crippen molar-refractivity contribution in [3.8, 4) is 0 Å². The van der Waals surface area contributed by atoms with Crippen molar-refractivity contribution in [1.29, 1.82) is 0 Å². The highest BCUT2D eigenvalue weighted by Gasteiger charge is 2.35. The first-order valence-electron chi connectivity index (χ1n) is 10.4. The number of nitrogens with zero attached hydrogens (tertiary/aromatic N) is 1. The fourth-order valence-electron chi connectivity index (χ4n) is 3.33. The molecule has 0 spiro atoms. The summed E-state index contributed by atoms with van der Waals surface area (Å²) in [6.07, 6.45) is -0.146. The molecule has 0 aromatic heterocycles. The van der Waals surface area contributed by atoms with Crippen molar-refractivity contribution < 1.29 is 31.5 Å². The van der Waals surface area contributed by atoms with Gasteiger partial charge in [0.25, 0.3) is 0 Å². The molecule has 1 fully saturated rings. The van der Waals surface area contributed by atoms with Crippen molar-refractivity contribution in [2.45, 2.75) is 30.9 Å². The molecule has 1 aliphatic rings. The molecule has 2 aromatic rings. The summed E-state index contributed by atoms with van der Waals surface area (Å²) in [4.78, 5) is 24.1. The van der Waals surface area contributed by atoms with Gasteiger partial charge in [0.15, 0.2) is 0 Å². The van der Waals surface area contributed by atoms with Crippen LogP contribution in [-0.4, -0.2) is 57.0 Å². The molecule has 0 bridgehead atoms. The molecule has 178 valence electrons. The Kier molecular flexibility index (Phi) is 8.11. The SMILES string of the molecule is Cc1cc(S(=O)(=O)N2CCCOC2CNC(=O)C(=O)NCCc2ccc(F)cc2)ccc1F. The molecule has 2 amide bonds. The summed E-state index contributed by atoms with van der Waals surface area (Å²) >= 11 is 0. The quantitative estimate of drug-likeness (QED) is 0.583. The van der Waals surface area contributed by atoms with Gasteiger partial charge in [-0.2, -0.15) is 4.31 Å². The van der Waals surface area contributed by atoms with Gasteiger partial charge in [0.1, 0.15) is 17.9 Å². The third kappa shape index (κ3) is 6.34. The minimum Gasteiger partial charge on any atom is -0.360 e. The van der Waals surface area contributed by atoms with E-state index < -0.39 is 33.9 Å². The minimum absolute atomic E-state index is 0.0817. The molecule has 1 saturated heterocycles. The molecule has 1 heterocycles. The first-order valence-corrected chi connectivity index (χ1v) is 11.8. The third-order valence-corrected chi connectivity index (χ3v) is 7.03. The highest BCUT2D eigenvalue weighted by Crippen LogP contribution is 2.23. The standard InChI is InChI=1S/C22H25F2N3O5S/c1-15-13-18(7-8-19(15)24)33(30,31)27-11-2-12-32-20(27)14-26-22(29)21(28)25-10-9-16-3-5-17(23)6-4-16/h3-8,13,20H,2,9-12,14H2,1H3,(H,25,28)(H,26,29). The van der Waals surface area contributed by atoms with Crippen LogP contribution in [0.1, 0.15) is 17.5 Å². The van der Waals surface area contributed by atoms with Crippen LogP contribution in [0.2, 0.25) is 0 Å². The molecule has 0 radical (unpaired) electrons. The van der Waals surface area contributed by atoms with Gasteiger partial charge in [0, 0.05) is 13.1 Å². The monoisotopic (exact) mass is 481 g/mol. The lowest BCUT2D eigenvalue weighted by atomic mass is 10.1. The van der Waals surface area contributed by atoms with Crippen LogP contribution < -0.4 is 10.6 Å². The zero-order valence-electron chi connectivity index (χ0n) is 18.0. The van der Waals surface area contributed by atoms with E-state index in [9.17, 15) is 26.8 Å². The van der Waals surface area contributed by atoms with Crippen LogP contribution in [0.15, 0.2) is 47.4 Å². The van der Waals surface area contributed by atoms with Crippen molar-refractivity contribution in [2.24, 2.45) is 0 Å². The highest BCUT2D eigenvalue weighted by molar-refractivity contribution is 7.89. The predicted molar refractivity (Wildman–Crippen MR) is 116 cm³/mol. The molecule has 2 N–H and O–H groups in total. The predicted octanol–water partition coefficient (Wildman–Crippen LogP) is 1.49. The molecular weight excluding hydrogens is 456 g/mol. The number of hydrogen-bond donors (Lipinski definition) is 2. The number of sulfonamides is 1.